The van der Waals surface area contributed by atoms with Crippen molar-refractivity contribution in [3.63, 3.8) is 0 Å². The molecule has 0 saturated carbocycles. The molecule has 0 aromatic rings. The van der Waals surface area contributed by atoms with Gasteiger partial charge in [0.05, 0.1) is 13.6 Å². The summed E-state index contributed by atoms with van der Waals surface area (Å²) in [6.07, 6.45) is 8.52. The molecule has 1 nitrogen and oxygen atoms in total. The van der Waals surface area contributed by atoms with Gasteiger partial charge in [-0.05, 0) is 12.8 Å². The standard InChI is InChI=1S/C9H21N.F6P/c1-3-4-5-6-7-8-9-10-2;1-7(2,3,4,5)6/h10H,3-9H2,1-2H3;/q;-1/p+1. The van der Waals surface area contributed by atoms with Crippen LogP contribution in [0.4, 0.5) is 25.2 Å². The molecule has 110 valence electrons. The minimum atomic E-state index is -10.7. The van der Waals surface area contributed by atoms with E-state index < -0.39 is 7.81 Å². The monoisotopic (exact) mass is 289 g/mol. The molecule has 17 heavy (non-hydrogen) atoms. The van der Waals surface area contributed by atoms with Gasteiger partial charge in [0.15, 0.2) is 0 Å². The van der Waals surface area contributed by atoms with Crippen molar-refractivity contribution in [3.8, 4) is 0 Å². The average molecular weight is 289 g/mol. The second-order valence-electron chi connectivity index (χ2n) is 3.92. The average Bonchev–Trinajstić information content (AvgIpc) is 2.06. The summed E-state index contributed by atoms with van der Waals surface area (Å²) >= 11 is 0. The maximum absolute atomic E-state index is 10.7. The van der Waals surface area contributed by atoms with E-state index in [1.807, 2.05) is 0 Å². The van der Waals surface area contributed by atoms with Crippen LogP contribution in [0.3, 0.4) is 0 Å². The molecular formula is C9H22F6NP. The van der Waals surface area contributed by atoms with Crippen LogP contribution in [0.1, 0.15) is 45.4 Å². The first-order valence-corrected chi connectivity index (χ1v) is 7.74. The fourth-order valence-corrected chi connectivity index (χ4v) is 1.13. The zero-order chi connectivity index (χ0) is 14.1. The van der Waals surface area contributed by atoms with Crippen LogP contribution < -0.4 is 5.32 Å². The van der Waals surface area contributed by atoms with E-state index in [0.29, 0.717) is 0 Å². The molecule has 0 heterocycles. The number of nitrogens with two attached hydrogens (primary N) is 1. The Morgan fingerprint density at radius 1 is 0.765 bits per heavy atom. The Morgan fingerprint density at radius 3 is 1.47 bits per heavy atom. The van der Waals surface area contributed by atoms with Crippen LogP contribution in [0.5, 0.6) is 0 Å². The summed E-state index contributed by atoms with van der Waals surface area (Å²) in [5, 5.41) is 2.26. The summed E-state index contributed by atoms with van der Waals surface area (Å²) in [7, 11) is -8.51. The molecule has 0 saturated heterocycles. The number of quaternary nitrogens is 1. The van der Waals surface area contributed by atoms with Gasteiger partial charge in [-0.15, -0.1) is 0 Å². The molecule has 0 aromatic heterocycles. The summed E-state index contributed by atoms with van der Waals surface area (Å²) in [5.74, 6) is 0. The van der Waals surface area contributed by atoms with E-state index in [1.165, 1.54) is 45.1 Å². The Hall–Kier alpha value is -0.0300. The van der Waals surface area contributed by atoms with E-state index in [4.69, 9.17) is 0 Å². The zero-order valence-electron chi connectivity index (χ0n) is 10.2. The normalized spacial score (nSPS) is 15.5. The number of hydrogen-bond acceptors (Lipinski definition) is 0. The summed E-state index contributed by atoms with van der Waals surface area (Å²) in [5.41, 5.74) is 0. The first-order valence-electron chi connectivity index (χ1n) is 5.71. The summed E-state index contributed by atoms with van der Waals surface area (Å²) in [4.78, 5) is 0. The van der Waals surface area contributed by atoms with Gasteiger partial charge in [-0.3, -0.25) is 0 Å². The first kappa shape index (κ1) is 19.3. The second kappa shape index (κ2) is 6.78. The predicted molar refractivity (Wildman–Crippen MR) is 59.7 cm³/mol. The first-order chi connectivity index (χ1) is 7.36. The number of rotatable bonds is 7. The van der Waals surface area contributed by atoms with Crippen LogP contribution in [0.15, 0.2) is 0 Å². The van der Waals surface area contributed by atoms with Gasteiger partial charge in [0.25, 0.3) is 0 Å². The number of halogens is 6. The second-order valence-corrected chi connectivity index (χ2v) is 5.84. The molecule has 0 aromatic carbocycles. The van der Waals surface area contributed by atoms with Crippen molar-refractivity contribution in [2.45, 2.75) is 45.4 Å². The van der Waals surface area contributed by atoms with Gasteiger partial charge in [-0.2, -0.15) is 0 Å². The molecule has 0 radical (unpaired) electrons. The van der Waals surface area contributed by atoms with Gasteiger partial charge in [0.1, 0.15) is 0 Å². The molecular weight excluding hydrogens is 267 g/mol. The SMILES string of the molecule is CCCCCCCC[NH2+]C.F[P-](F)(F)(F)(F)F. The minimum absolute atomic E-state index is 1.31. The van der Waals surface area contributed by atoms with Gasteiger partial charge >= 0.3 is 33.0 Å². The zero-order valence-corrected chi connectivity index (χ0v) is 11.1. The van der Waals surface area contributed by atoms with Crippen molar-refractivity contribution in [1.82, 2.24) is 0 Å². The molecule has 0 bridgehead atoms. The molecule has 0 atom stereocenters. The predicted octanol–water partition coefficient (Wildman–Crippen LogP) is 4.92. The molecule has 0 aliphatic heterocycles. The van der Waals surface area contributed by atoms with E-state index in [9.17, 15) is 25.2 Å². The van der Waals surface area contributed by atoms with Crippen molar-refractivity contribution >= 4 is 7.81 Å². The Kier molecular flexibility index (Phi) is 7.71. The van der Waals surface area contributed by atoms with Crippen molar-refractivity contribution < 1.29 is 30.5 Å². The summed E-state index contributed by atoms with van der Waals surface area (Å²) in [6, 6.07) is 0. The molecule has 0 aliphatic carbocycles. The Labute approximate surface area is 98.2 Å². The van der Waals surface area contributed by atoms with Crippen LogP contribution >= 0.6 is 7.81 Å². The number of unbranched alkanes of at least 4 members (excludes halogenated alkanes) is 5. The van der Waals surface area contributed by atoms with Crippen LogP contribution in [-0.4, -0.2) is 13.6 Å². The van der Waals surface area contributed by atoms with Crippen LogP contribution in [-0.2, 0) is 0 Å². The maximum atomic E-state index is 9.87. The molecule has 0 aliphatic rings. The third-order valence-electron chi connectivity index (χ3n) is 1.85. The van der Waals surface area contributed by atoms with E-state index in [-0.39, 0.29) is 0 Å². The third-order valence-corrected chi connectivity index (χ3v) is 1.85. The quantitative estimate of drug-likeness (QED) is 0.389. The Morgan fingerprint density at radius 2 is 1.12 bits per heavy atom. The Balaban J connectivity index is 0. The number of hydrogen-bond donors (Lipinski definition) is 1. The van der Waals surface area contributed by atoms with Crippen molar-refractivity contribution in [3.05, 3.63) is 0 Å². The fourth-order valence-electron chi connectivity index (χ4n) is 1.13. The van der Waals surface area contributed by atoms with Gasteiger partial charge in [0, 0.05) is 0 Å². The van der Waals surface area contributed by atoms with Gasteiger partial charge in [-0.1, -0.05) is 32.6 Å². The van der Waals surface area contributed by atoms with E-state index in [0.717, 1.165) is 0 Å². The molecule has 0 fully saturated rings. The molecule has 2 N–H and O–H groups in total. The molecule has 0 amide bonds. The molecule has 0 spiro atoms. The van der Waals surface area contributed by atoms with E-state index >= 15 is 0 Å². The molecule has 0 rings (SSSR count). The molecule has 0 unspecified atom stereocenters. The van der Waals surface area contributed by atoms with Crippen LogP contribution in [0.2, 0.25) is 0 Å². The van der Waals surface area contributed by atoms with E-state index in [1.54, 1.807) is 0 Å². The van der Waals surface area contributed by atoms with Crippen LogP contribution in [0.25, 0.3) is 0 Å². The van der Waals surface area contributed by atoms with Crippen LogP contribution in [0, 0.1) is 0 Å². The van der Waals surface area contributed by atoms with Crippen molar-refractivity contribution in [2.75, 3.05) is 13.6 Å². The summed E-state index contributed by atoms with van der Waals surface area (Å²) in [6.45, 7) is 3.58. The van der Waals surface area contributed by atoms with Gasteiger partial charge in [0.2, 0.25) is 0 Å². The van der Waals surface area contributed by atoms with Crippen molar-refractivity contribution in [1.29, 1.82) is 0 Å². The Bertz CT molecular complexity index is 167. The summed E-state index contributed by atoms with van der Waals surface area (Å²) < 4.78 is 59.2. The molecule has 8 heteroatoms. The van der Waals surface area contributed by atoms with Gasteiger partial charge < -0.3 is 5.32 Å². The fraction of sp³-hybridized carbons (Fsp3) is 1.00. The third kappa shape index (κ3) is 64.2. The van der Waals surface area contributed by atoms with Gasteiger partial charge in [-0.25, -0.2) is 0 Å². The van der Waals surface area contributed by atoms with Crippen molar-refractivity contribution in [2.24, 2.45) is 0 Å². The topological polar surface area (TPSA) is 16.6 Å². The van der Waals surface area contributed by atoms with E-state index in [2.05, 4.69) is 19.3 Å².